The van der Waals surface area contributed by atoms with E-state index in [-0.39, 0.29) is 0 Å². The number of hydrogen-bond donors (Lipinski definition) is 9. The number of phosphoric acid groups is 3. The molecule has 8 fully saturated rings. The van der Waals surface area contributed by atoms with Crippen LogP contribution in [0.25, 0.3) is 0 Å². The summed E-state index contributed by atoms with van der Waals surface area (Å²) in [6.07, 6.45) is 0. The summed E-state index contributed by atoms with van der Waals surface area (Å²) in [6, 6.07) is 0. The smallest absolute Gasteiger partial charge is 0.303 e. The van der Waals surface area contributed by atoms with Crippen LogP contribution < -0.4 is 0 Å². The molecular weight excluding hydrogens is 541 g/mol. The van der Waals surface area contributed by atoms with Gasteiger partial charge in [0.05, 0.1) is 80.0 Å². The Morgan fingerprint density at radius 1 is 0.286 bits per heavy atom. The van der Waals surface area contributed by atoms with Crippen molar-refractivity contribution >= 4 is 23.5 Å². The monoisotopic (exact) mass is 574 g/mol. The topological polar surface area (TPSA) is 259 Å². The molecule has 0 radical (unpaired) electrons. The standard InChI is InChI=1S/2C6H12N4.3H3O4P/c2*1-7-2-9-4-8(1)5-10(3-7)6-9;3*1-5(2,3)4/h2*1-6H2;3*(H3,1,2,3,4). The van der Waals surface area contributed by atoms with Crippen LogP contribution in [0.1, 0.15) is 0 Å². The summed E-state index contributed by atoms with van der Waals surface area (Å²) in [7, 11) is -13.9. The van der Waals surface area contributed by atoms with Crippen LogP contribution >= 0.6 is 23.5 Å². The minimum absolute atomic E-state index is 1.19. The average Bonchev–Trinajstić information content (AvgIpc) is 2.55. The second-order valence-corrected chi connectivity index (χ2v) is 11.7. The van der Waals surface area contributed by atoms with Gasteiger partial charge < -0.3 is 44.0 Å². The molecule has 0 spiro atoms. The molecule has 23 heteroatoms. The molecule has 0 amide bonds. The predicted octanol–water partition coefficient (Wildman–Crippen LogP) is -4.83. The second kappa shape index (κ2) is 12.7. The minimum Gasteiger partial charge on any atom is -0.303 e. The molecule has 0 aromatic carbocycles. The summed E-state index contributed by atoms with van der Waals surface area (Å²) in [5, 5.41) is 0. The van der Waals surface area contributed by atoms with Gasteiger partial charge in [0.2, 0.25) is 0 Å². The molecule has 8 bridgehead atoms. The number of nitrogens with zero attached hydrogens (tertiary/aromatic N) is 8. The molecule has 20 nitrogen and oxygen atoms in total. The van der Waals surface area contributed by atoms with Crippen molar-refractivity contribution in [3.8, 4) is 0 Å². The van der Waals surface area contributed by atoms with Gasteiger partial charge in [-0.05, 0) is 0 Å². The molecule has 8 aliphatic heterocycles. The molecule has 0 aliphatic carbocycles. The van der Waals surface area contributed by atoms with Crippen molar-refractivity contribution in [2.45, 2.75) is 0 Å². The Hall–Kier alpha value is 0.01000. The van der Waals surface area contributed by atoms with Crippen LogP contribution in [0, 0.1) is 0 Å². The highest BCUT2D eigenvalue weighted by atomic mass is 31.2. The molecule has 0 atom stereocenters. The summed E-state index contributed by atoms with van der Waals surface area (Å²) in [6.45, 7) is 14.2. The normalized spacial score (nSPS) is 38.0. The first-order chi connectivity index (χ1) is 15.8. The highest BCUT2D eigenvalue weighted by molar-refractivity contribution is 7.45. The second-order valence-electron chi connectivity index (χ2n) is 8.60. The highest BCUT2D eigenvalue weighted by Gasteiger charge is 2.37. The lowest BCUT2D eigenvalue weighted by molar-refractivity contribution is -0.194. The Morgan fingerprint density at radius 3 is 0.400 bits per heavy atom. The Bertz CT molecular complexity index is 601. The van der Waals surface area contributed by atoms with Crippen LogP contribution in [0.4, 0.5) is 0 Å². The molecule has 0 saturated carbocycles. The Morgan fingerprint density at radius 2 is 0.343 bits per heavy atom. The van der Waals surface area contributed by atoms with Gasteiger partial charge in [-0.1, -0.05) is 0 Å². The summed E-state index contributed by atoms with van der Waals surface area (Å²) in [5.74, 6) is 0. The van der Waals surface area contributed by atoms with Gasteiger partial charge in [0.25, 0.3) is 0 Å². The molecule has 9 N–H and O–H groups in total. The third-order valence-electron chi connectivity index (χ3n) is 4.80. The van der Waals surface area contributed by atoms with Gasteiger partial charge >= 0.3 is 23.5 Å². The van der Waals surface area contributed by atoms with E-state index < -0.39 is 23.5 Å². The lowest BCUT2D eigenvalue weighted by Crippen LogP contribution is -2.71. The van der Waals surface area contributed by atoms with Crippen molar-refractivity contribution in [2.75, 3.05) is 80.0 Å². The molecule has 208 valence electrons. The molecule has 35 heavy (non-hydrogen) atoms. The van der Waals surface area contributed by atoms with E-state index in [1.54, 1.807) is 0 Å². The zero-order chi connectivity index (χ0) is 26.6. The van der Waals surface area contributed by atoms with Crippen LogP contribution in [0.3, 0.4) is 0 Å². The van der Waals surface area contributed by atoms with Gasteiger partial charge in [-0.2, -0.15) is 0 Å². The molecule has 8 saturated heterocycles. The van der Waals surface area contributed by atoms with E-state index >= 15 is 0 Å². The van der Waals surface area contributed by atoms with Crippen LogP contribution in [0.2, 0.25) is 0 Å². The minimum atomic E-state index is -4.64. The van der Waals surface area contributed by atoms with E-state index in [1.807, 2.05) is 0 Å². The first kappa shape index (κ1) is 31.2. The third-order valence-corrected chi connectivity index (χ3v) is 4.80. The maximum atomic E-state index is 8.88. The molecule has 0 unspecified atom stereocenters. The maximum Gasteiger partial charge on any atom is 0.466 e. The van der Waals surface area contributed by atoms with Gasteiger partial charge in [0.15, 0.2) is 0 Å². The first-order valence-corrected chi connectivity index (χ1v) is 14.6. The lowest BCUT2D eigenvalue weighted by Gasteiger charge is -2.56. The zero-order valence-electron chi connectivity index (χ0n) is 18.7. The summed E-state index contributed by atoms with van der Waals surface area (Å²) >= 11 is 0. The van der Waals surface area contributed by atoms with Crippen molar-refractivity contribution in [1.29, 1.82) is 0 Å². The van der Waals surface area contributed by atoms with Crippen molar-refractivity contribution in [3.63, 3.8) is 0 Å². The fraction of sp³-hybridized carbons (Fsp3) is 1.00. The Balaban J connectivity index is 0.000000163. The quantitative estimate of drug-likeness (QED) is 0.123. The van der Waals surface area contributed by atoms with Gasteiger partial charge in [-0.25, -0.2) is 13.7 Å². The van der Waals surface area contributed by atoms with Crippen molar-refractivity contribution < 1.29 is 57.7 Å². The summed E-state index contributed by atoms with van der Waals surface area (Å²) < 4.78 is 26.6. The molecule has 8 rings (SSSR count). The Kier molecular flexibility index (Phi) is 11.3. The largest absolute Gasteiger partial charge is 0.466 e. The summed E-state index contributed by atoms with van der Waals surface area (Å²) in [5.41, 5.74) is 0. The van der Waals surface area contributed by atoms with Gasteiger partial charge in [0, 0.05) is 0 Å². The van der Waals surface area contributed by atoms with E-state index in [9.17, 15) is 0 Å². The van der Waals surface area contributed by atoms with Gasteiger partial charge in [-0.3, -0.25) is 39.2 Å². The first-order valence-electron chi connectivity index (χ1n) is 9.94. The van der Waals surface area contributed by atoms with Crippen LogP contribution in [-0.4, -0.2) is 163 Å². The van der Waals surface area contributed by atoms with Crippen molar-refractivity contribution in [2.24, 2.45) is 0 Å². The lowest BCUT2D eigenvalue weighted by atomic mass is 10.4. The molecule has 0 aromatic heterocycles. The molecular formula is C12H33N8O12P3. The molecule has 8 aliphatic rings. The van der Waals surface area contributed by atoms with Crippen LogP contribution in [0.15, 0.2) is 0 Å². The van der Waals surface area contributed by atoms with E-state index in [4.69, 9.17) is 57.7 Å². The predicted molar refractivity (Wildman–Crippen MR) is 116 cm³/mol. The van der Waals surface area contributed by atoms with Crippen LogP contribution in [0.5, 0.6) is 0 Å². The number of hydrogen-bond acceptors (Lipinski definition) is 11. The maximum absolute atomic E-state index is 8.88. The van der Waals surface area contributed by atoms with Crippen LogP contribution in [-0.2, 0) is 13.7 Å². The number of rotatable bonds is 0. The fourth-order valence-electron chi connectivity index (χ4n) is 4.47. The third kappa shape index (κ3) is 15.1. The van der Waals surface area contributed by atoms with E-state index in [0.29, 0.717) is 0 Å². The van der Waals surface area contributed by atoms with Crippen molar-refractivity contribution in [3.05, 3.63) is 0 Å². The fourth-order valence-corrected chi connectivity index (χ4v) is 4.47. The van der Waals surface area contributed by atoms with E-state index in [2.05, 4.69) is 39.2 Å². The summed E-state index contributed by atoms with van der Waals surface area (Å²) in [4.78, 5) is 84.4. The van der Waals surface area contributed by atoms with Crippen molar-refractivity contribution in [1.82, 2.24) is 39.2 Å². The Labute approximate surface area is 201 Å². The van der Waals surface area contributed by atoms with Gasteiger partial charge in [0.1, 0.15) is 0 Å². The SMILES string of the molecule is C1N2CN3CN1CN(C2)C3.C1N2CN3CN1CN(C2)C3.O=P(O)(O)O.O=P(O)(O)O.O=P(O)(O)O. The molecule has 0 aromatic rings. The van der Waals surface area contributed by atoms with E-state index in [1.165, 1.54) is 80.0 Å². The van der Waals surface area contributed by atoms with E-state index in [0.717, 1.165) is 0 Å². The zero-order valence-corrected chi connectivity index (χ0v) is 21.3. The average molecular weight is 574 g/mol. The highest BCUT2D eigenvalue weighted by Crippen LogP contribution is 2.27. The molecule has 8 heterocycles. The van der Waals surface area contributed by atoms with Gasteiger partial charge in [-0.15, -0.1) is 0 Å².